The second-order valence-electron chi connectivity index (χ2n) is 5.11. The highest BCUT2D eigenvalue weighted by Crippen LogP contribution is 2.37. The Labute approximate surface area is 130 Å². The molecule has 110 valence electrons. The molecule has 0 N–H and O–H groups in total. The predicted molar refractivity (Wildman–Crippen MR) is 82.3 cm³/mol. The Balaban J connectivity index is 1.70. The van der Waals surface area contributed by atoms with Crippen LogP contribution in [0.1, 0.15) is 30.3 Å². The van der Waals surface area contributed by atoms with Gasteiger partial charge < -0.3 is 4.42 Å². The van der Waals surface area contributed by atoms with Crippen LogP contribution in [0.4, 0.5) is 0 Å². The van der Waals surface area contributed by atoms with E-state index in [2.05, 4.69) is 20.1 Å². The molecule has 7 heteroatoms. The molecule has 0 aliphatic heterocycles. The number of hydrogen-bond donors (Lipinski definition) is 0. The second kappa shape index (κ2) is 5.42. The molecule has 1 atom stereocenters. The Morgan fingerprint density at radius 1 is 1.36 bits per heavy atom. The van der Waals surface area contributed by atoms with E-state index in [1.807, 2.05) is 12.1 Å². The first-order valence-corrected chi connectivity index (χ1v) is 7.85. The smallest absolute Gasteiger partial charge is 0.238 e. The molecule has 0 saturated heterocycles. The van der Waals surface area contributed by atoms with Gasteiger partial charge in [-0.15, -0.1) is 11.3 Å². The molecule has 0 spiro atoms. The molecule has 0 fully saturated rings. The van der Waals surface area contributed by atoms with E-state index in [0.717, 1.165) is 40.5 Å². The first kappa shape index (κ1) is 13.3. The maximum Gasteiger partial charge on any atom is 0.238 e. The van der Waals surface area contributed by atoms with Gasteiger partial charge in [-0.3, -0.25) is 4.98 Å². The highest BCUT2D eigenvalue weighted by molar-refractivity contribution is 7.18. The molecule has 6 nitrogen and oxygen atoms in total. The number of pyridine rings is 1. The minimum absolute atomic E-state index is 0.382. The van der Waals surface area contributed by atoms with E-state index in [1.54, 1.807) is 18.6 Å². The number of nitroso groups, excluding NO2 is 1. The first-order valence-electron chi connectivity index (χ1n) is 7.04. The van der Waals surface area contributed by atoms with Crippen LogP contribution in [0, 0.1) is 4.91 Å². The molecule has 0 bridgehead atoms. The SMILES string of the molecule is O=NC1CCCc2oc(-c3cnc(-c4cccnc4)s3)nc21. The van der Waals surface area contributed by atoms with Crippen molar-refractivity contribution in [3.63, 3.8) is 0 Å². The average Bonchev–Trinajstić information content (AvgIpc) is 3.21. The molecule has 3 aromatic heterocycles. The van der Waals surface area contributed by atoms with Gasteiger partial charge in [0.2, 0.25) is 5.89 Å². The number of aromatic nitrogens is 3. The summed E-state index contributed by atoms with van der Waals surface area (Å²) in [6.07, 6.45) is 7.70. The summed E-state index contributed by atoms with van der Waals surface area (Å²) in [5.41, 5.74) is 1.65. The normalized spacial score (nSPS) is 17.2. The van der Waals surface area contributed by atoms with Crippen molar-refractivity contribution in [3.05, 3.63) is 47.1 Å². The van der Waals surface area contributed by atoms with Gasteiger partial charge in [-0.1, -0.05) is 5.18 Å². The summed E-state index contributed by atoms with van der Waals surface area (Å²) in [4.78, 5) is 24.7. The van der Waals surface area contributed by atoms with Gasteiger partial charge in [0.15, 0.2) is 0 Å². The summed E-state index contributed by atoms with van der Waals surface area (Å²) in [5, 5.41) is 4.02. The van der Waals surface area contributed by atoms with Crippen LogP contribution >= 0.6 is 11.3 Å². The zero-order valence-corrected chi connectivity index (χ0v) is 12.4. The molecule has 0 amide bonds. The van der Waals surface area contributed by atoms with Crippen molar-refractivity contribution in [2.75, 3.05) is 0 Å². The second-order valence-corrected chi connectivity index (χ2v) is 6.14. The van der Waals surface area contributed by atoms with Gasteiger partial charge in [0.05, 0.1) is 6.20 Å². The van der Waals surface area contributed by atoms with E-state index >= 15 is 0 Å². The standard InChI is InChI=1S/C15H12N4O2S/c20-19-10-4-1-5-11-13(10)18-14(21-11)12-8-17-15(22-12)9-3-2-6-16-7-9/h2-3,6-8,10H,1,4-5H2. The summed E-state index contributed by atoms with van der Waals surface area (Å²) in [6, 6.07) is 3.45. The lowest BCUT2D eigenvalue weighted by Crippen LogP contribution is -2.05. The van der Waals surface area contributed by atoms with Crippen LogP contribution in [-0.4, -0.2) is 15.0 Å². The van der Waals surface area contributed by atoms with E-state index in [0.29, 0.717) is 11.6 Å². The number of hydrogen-bond acceptors (Lipinski definition) is 7. The summed E-state index contributed by atoms with van der Waals surface area (Å²) in [6.45, 7) is 0. The Kier molecular flexibility index (Phi) is 3.27. The van der Waals surface area contributed by atoms with Gasteiger partial charge in [0.1, 0.15) is 27.4 Å². The predicted octanol–water partition coefficient (Wildman–Crippen LogP) is 4.00. The van der Waals surface area contributed by atoms with Crippen LogP contribution in [0.5, 0.6) is 0 Å². The van der Waals surface area contributed by atoms with Crippen molar-refractivity contribution in [2.24, 2.45) is 5.18 Å². The third-order valence-electron chi connectivity index (χ3n) is 3.68. The third-order valence-corrected chi connectivity index (χ3v) is 4.71. The molecular formula is C15H12N4O2S. The molecule has 0 aromatic carbocycles. The topological polar surface area (TPSA) is 81.2 Å². The summed E-state index contributed by atoms with van der Waals surface area (Å²) in [5.74, 6) is 1.30. The zero-order chi connectivity index (χ0) is 14.9. The molecule has 0 saturated carbocycles. The lowest BCUT2D eigenvalue weighted by Gasteiger charge is -2.12. The van der Waals surface area contributed by atoms with Crippen molar-refractivity contribution in [3.8, 4) is 21.3 Å². The van der Waals surface area contributed by atoms with Crippen molar-refractivity contribution in [2.45, 2.75) is 25.3 Å². The molecule has 3 aromatic rings. The van der Waals surface area contributed by atoms with Crippen LogP contribution < -0.4 is 0 Å². The summed E-state index contributed by atoms with van der Waals surface area (Å²) < 4.78 is 5.82. The van der Waals surface area contributed by atoms with Gasteiger partial charge in [-0.25, -0.2) is 9.97 Å². The number of thiazole rings is 1. The Morgan fingerprint density at radius 3 is 3.14 bits per heavy atom. The van der Waals surface area contributed by atoms with E-state index in [9.17, 15) is 4.91 Å². The van der Waals surface area contributed by atoms with Crippen molar-refractivity contribution in [1.29, 1.82) is 0 Å². The fourth-order valence-electron chi connectivity index (χ4n) is 2.60. The third kappa shape index (κ3) is 2.23. The number of oxazole rings is 1. The van der Waals surface area contributed by atoms with Crippen LogP contribution in [0.3, 0.4) is 0 Å². The monoisotopic (exact) mass is 312 g/mol. The van der Waals surface area contributed by atoms with Gasteiger partial charge in [0.25, 0.3) is 0 Å². The summed E-state index contributed by atoms with van der Waals surface area (Å²) in [7, 11) is 0. The van der Waals surface area contributed by atoms with Gasteiger partial charge in [-0.2, -0.15) is 4.91 Å². The zero-order valence-electron chi connectivity index (χ0n) is 11.6. The highest BCUT2D eigenvalue weighted by Gasteiger charge is 2.28. The van der Waals surface area contributed by atoms with Gasteiger partial charge in [-0.05, 0) is 25.0 Å². The Bertz CT molecular complexity index is 812. The molecule has 3 heterocycles. The molecule has 1 aliphatic rings. The number of aryl methyl sites for hydroxylation is 1. The maximum absolute atomic E-state index is 10.9. The minimum atomic E-state index is -0.382. The quantitative estimate of drug-likeness (QED) is 0.683. The number of rotatable bonds is 3. The fourth-order valence-corrected chi connectivity index (χ4v) is 3.43. The van der Waals surface area contributed by atoms with Gasteiger partial charge in [0, 0.05) is 24.4 Å². The largest absolute Gasteiger partial charge is 0.440 e. The maximum atomic E-state index is 10.9. The van der Waals surface area contributed by atoms with E-state index in [1.165, 1.54) is 11.3 Å². The number of fused-ring (bicyclic) bond motifs is 1. The van der Waals surface area contributed by atoms with Crippen molar-refractivity contribution < 1.29 is 4.42 Å². The average molecular weight is 312 g/mol. The Morgan fingerprint density at radius 2 is 2.32 bits per heavy atom. The lowest BCUT2D eigenvalue weighted by molar-refractivity contribution is 0.460. The fraction of sp³-hybridized carbons (Fsp3) is 0.267. The summed E-state index contributed by atoms with van der Waals surface area (Å²) >= 11 is 1.50. The number of nitrogens with zero attached hydrogens (tertiary/aromatic N) is 4. The molecular weight excluding hydrogens is 300 g/mol. The lowest BCUT2D eigenvalue weighted by atomic mass is 9.98. The van der Waals surface area contributed by atoms with Crippen molar-refractivity contribution >= 4 is 11.3 Å². The molecule has 1 aliphatic carbocycles. The van der Waals surface area contributed by atoms with Crippen molar-refractivity contribution in [1.82, 2.24) is 15.0 Å². The molecule has 0 radical (unpaired) electrons. The minimum Gasteiger partial charge on any atom is -0.440 e. The molecule has 22 heavy (non-hydrogen) atoms. The van der Waals surface area contributed by atoms with Gasteiger partial charge >= 0.3 is 0 Å². The first-order chi connectivity index (χ1) is 10.8. The molecule has 1 unspecified atom stereocenters. The van der Waals surface area contributed by atoms with E-state index in [4.69, 9.17) is 4.42 Å². The molecule has 4 rings (SSSR count). The Hall–Kier alpha value is -2.41. The van der Waals surface area contributed by atoms with Crippen LogP contribution in [0.2, 0.25) is 0 Å². The van der Waals surface area contributed by atoms with Crippen LogP contribution in [0.15, 0.2) is 40.3 Å². The van der Waals surface area contributed by atoms with E-state index < -0.39 is 0 Å². The van der Waals surface area contributed by atoms with Crippen LogP contribution in [0.25, 0.3) is 21.3 Å². The van der Waals surface area contributed by atoms with E-state index in [-0.39, 0.29) is 6.04 Å². The highest BCUT2D eigenvalue weighted by atomic mass is 32.1. The van der Waals surface area contributed by atoms with Crippen LogP contribution in [-0.2, 0) is 6.42 Å².